The SMILES string of the molecule is CCC(C)C(N)C(=O)NN(C)C. The molecule has 0 aromatic carbocycles. The van der Waals surface area contributed by atoms with E-state index in [2.05, 4.69) is 5.43 Å². The number of nitrogens with one attached hydrogen (secondary N) is 1. The third kappa shape index (κ3) is 3.69. The first-order valence-electron chi connectivity index (χ1n) is 4.22. The van der Waals surface area contributed by atoms with Crippen LogP contribution < -0.4 is 11.2 Å². The van der Waals surface area contributed by atoms with Gasteiger partial charge in [0.25, 0.3) is 5.91 Å². The lowest BCUT2D eigenvalue weighted by Gasteiger charge is -2.20. The molecule has 0 spiro atoms. The summed E-state index contributed by atoms with van der Waals surface area (Å²) in [7, 11) is 3.53. The molecule has 0 aromatic rings. The maximum absolute atomic E-state index is 11.3. The molecule has 1 amide bonds. The van der Waals surface area contributed by atoms with Crippen LogP contribution in [-0.2, 0) is 4.79 Å². The zero-order valence-corrected chi connectivity index (χ0v) is 8.29. The number of hydrogen-bond donors (Lipinski definition) is 2. The van der Waals surface area contributed by atoms with E-state index >= 15 is 0 Å². The van der Waals surface area contributed by atoms with Gasteiger partial charge in [-0.15, -0.1) is 0 Å². The van der Waals surface area contributed by atoms with Crippen LogP contribution in [0.25, 0.3) is 0 Å². The maximum atomic E-state index is 11.3. The summed E-state index contributed by atoms with van der Waals surface area (Å²) in [6, 6.07) is -0.405. The smallest absolute Gasteiger partial charge is 0.251 e. The van der Waals surface area contributed by atoms with E-state index in [9.17, 15) is 4.79 Å². The van der Waals surface area contributed by atoms with E-state index in [0.29, 0.717) is 0 Å². The highest BCUT2D eigenvalue weighted by Crippen LogP contribution is 2.04. The number of amides is 1. The molecular weight excluding hydrogens is 154 g/mol. The van der Waals surface area contributed by atoms with Gasteiger partial charge in [0.15, 0.2) is 0 Å². The lowest BCUT2D eigenvalue weighted by atomic mass is 10.00. The van der Waals surface area contributed by atoms with Crippen molar-refractivity contribution in [2.24, 2.45) is 11.7 Å². The maximum Gasteiger partial charge on any atom is 0.251 e. The van der Waals surface area contributed by atoms with Crippen LogP contribution in [0.4, 0.5) is 0 Å². The van der Waals surface area contributed by atoms with Gasteiger partial charge < -0.3 is 5.73 Å². The Hall–Kier alpha value is -0.610. The third-order valence-electron chi connectivity index (χ3n) is 1.89. The van der Waals surface area contributed by atoms with Gasteiger partial charge in [0.1, 0.15) is 0 Å². The van der Waals surface area contributed by atoms with Gasteiger partial charge in [0.2, 0.25) is 0 Å². The summed E-state index contributed by atoms with van der Waals surface area (Å²) in [4.78, 5) is 11.3. The van der Waals surface area contributed by atoms with Crippen LogP contribution in [0.1, 0.15) is 20.3 Å². The first kappa shape index (κ1) is 11.4. The van der Waals surface area contributed by atoms with Crippen molar-refractivity contribution in [3.8, 4) is 0 Å². The summed E-state index contributed by atoms with van der Waals surface area (Å²) < 4.78 is 0. The van der Waals surface area contributed by atoms with Crippen LogP contribution in [0.5, 0.6) is 0 Å². The summed E-state index contributed by atoms with van der Waals surface area (Å²) in [5.74, 6) is 0.110. The zero-order valence-electron chi connectivity index (χ0n) is 8.29. The molecule has 0 aliphatic carbocycles. The molecule has 2 unspecified atom stereocenters. The minimum Gasteiger partial charge on any atom is -0.320 e. The molecule has 2 atom stereocenters. The molecule has 0 saturated carbocycles. The molecule has 0 aromatic heterocycles. The van der Waals surface area contributed by atoms with Crippen molar-refractivity contribution in [3.63, 3.8) is 0 Å². The molecule has 0 heterocycles. The summed E-state index contributed by atoms with van der Waals surface area (Å²) >= 11 is 0. The Morgan fingerprint density at radius 3 is 2.42 bits per heavy atom. The van der Waals surface area contributed by atoms with Crippen LogP contribution >= 0.6 is 0 Å². The summed E-state index contributed by atoms with van der Waals surface area (Å²) in [5, 5.41) is 1.60. The monoisotopic (exact) mass is 173 g/mol. The number of hydrazine groups is 1. The van der Waals surface area contributed by atoms with E-state index in [1.165, 1.54) is 0 Å². The fourth-order valence-electron chi connectivity index (χ4n) is 0.807. The van der Waals surface area contributed by atoms with Gasteiger partial charge in [-0.05, 0) is 5.92 Å². The van der Waals surface area contributed by atoms with Gasteiger partial charge in [-0.25, -0.2) is 5.01 Å². The van der Waals surface area contributed by atoms with Crippen molar-refractivity contribution < 1.29 is 4.79 Å². The topological polar surface area (TPSA) is 58.4 Å². The Balaban J connectivity index is 3.92. The molecule has 0 radical (unpaired) electrons. The normalized spacial score (nSPS) is 15.8. The predicted molar refractivity (Wildman–Crippen MR) is 49.3 cm³/mol. The minimum absolute atomic E-state index is 0.116. The lowest BCUT2D eigenvalue weighted by Crippen LogP contribution is -2.49. The number of nitrogens with two attached hydrogens (primary N) is 1. The molecule has 0 saturated heterocycles. The van der Waals surface area contributed by atoms with Crippen LogP contribution in [-0.4, -0.2) is 31.1 Å². The molecule has 0 aliphatic heterocycles. The molecule has 0 rings (SSSR count). The van der Waals surface area contributed by atoms with Gasteiger partial charge in [-0.1, -0.05) is 20.3 Å². The van der Waals surface area contributed by atoms with E-state index in [-0.39, 0.29) is 11.8 Å². The van der Waals surface area contributed by atoms with Crippen LogP contribution in [0.3, 0.4) is 0 Å². The standard InChI is InChI=1S/C8H19N3O/c1-5-6(2)7(9)8(12)10-11(3)4/h6-7H,5,9H2,1-4H3,(H,10,12). The van der Waals surface area contributed by atoms with Crippen molar-refractivity contribution >= 4 is 5.91 Å². The Morgan fingerprint density at radius 1 is 1.58 bits per heavy atom. The fourth-order valence-corrected chi connectivity index (χ4v) is 0.807. The molecule has 0 bridgehead atoms. The lowest BCUT2D eigenvalue weighted by molar-refractivity contribution is -0.127. The fraction of sp³-hybridized carbons (Fsp3) is 0.875. The molecule has 0 fully saturated rings. The molecule has 12 heavy (non-hydrogen) atoms. The Kier molecular flexibility index (Phi) is 4.85. The predicted octanol–water partition coefficient (Wildman–Crippen LogP) is -0.0474. The number of carbonyl (C=O) groups is 1. The molecule has 4 nitrogen and oxygen atoms in total. The van der Waals surface area contributed by atoms with Gasteiger partial charge in [-0.2, -0.15) is 0 Å². The zero-order chi connectivity index (χ0) is 9.72. The van der Waals surface area contributed by atoms with Gasteiger partial charge in [0, 0.05) is 14.1 Å². The van der Waals surface area contributed by atoms with Crippen LogP contribution in [0.2, 0.25) is 0 Å². The number of rotatable bonds is 4. The highest BCUT2D eigenvalue weighted by molar-refractivity contribution is 5.81. The molecule has 72 valence electrons. The van der Waals surface area contributed by atoms with Crippen molar-refractivity contribution in [1.82, 2.24) is 10.4 Å². The van der Waals surface area contributed by atoms with Gasteiger partial charge in [-0.3, -0.25) is 10.2 Å². The number of carbonyl (C=O) groups excluding carboxylic acids is 1. The van der Waals surface area contributed by atoms with Crippen LogP contribution in [0, 0.1) is 5.92 Å². The summed E-state index contributed by atoms with van der Waals surface area (Å²) in [6.45, 7) is 3.99. The van der Waals surface area contributed by atoms with Crippen molar-refractivity contribution in [3.05, 3.63) is 0 Å². The first-order chi connectivity index (χ1) is 5.49. The van der Waals surface area contributed by atoms with E-state index < -0.39 is 6.04 Å². The second kappa shape index (κ2) is 5.11. The molecule has 3 N–H and O–H groups in total. The largest absolute Gasteiger partial charge is 0.320 e. The summed E-state index contributed by atoms with van der Waals surface area (Å²) in [6.07, 6.45) is 0.919. The molecule has 4 heteroatoms. The average molecular weight is 173 g/mol. The van der Waals surface area contributed by atoms with Gasteiger partial charge in [0.05, 0.1) is 6.04 Å². The number of nitrogens with zero attached hydrogens (tertiary/aromatic N) is 1. The Bertz CT molecular complexity index is 147. The first-order valence-corrected chi connectivity index (χ1v) is 4.22. The molecule has 0 aliphatic rings. The average Bonchev–Trinajstić information content (AvgIpc) is 2.00. The summed E-state index contributed by atoms with van der Waals surface area (Å²) in [5.41, 5.74) is 8.31. The van der Waals surface area contributed by atoms with E-state index in [0.717, 1.165) is 6.42 Å². The van der Waals surface area contributed by atoms with Crippen molar-refractivity contribution in [2.45, 2.75) is 26.3 Å². The minimum atomic E-state index is -0.405. The Labute approximate surface area is 74.1 Å². The molecular formula is C8H19N3O. The third-order valence-corrected chi connectivity index (χ3v) is 1.89. The van der Waals surface area contributed by atoms with Crippen molar-refractivity contribution in [2.75, 3.05) is 14.1 Å². The highest BCUT2D eigenvalue weighted by Gasteiger charge is 2.19. The number of hydrogen-bond acceptors (Lipinski definition) is 3. The quantitative estimate of drug-likeness (QED) is 0.586. The second-order valence-corrected chi connectivity index (χ2v) is 3.28. The Morgan fingerprint density at radius 2 is 2.08 bits per heavy atom. The van der Waals surface area contributed by atoms with Crippen LogP contribution in [0.15, 0.2) is 0 Å². The van der Waals surface area contributed by atoms with E-state index in [1.807, 2.05) is 13.8 Å². The highest BCUT2D eigenvalue weighted by atomic mass is 16.2. The van der Waals surface area contributed by atoms with Crippen molar-refractivity contribution in [1.29, 1.82) is 0 Å². The second-order valence-electron chi connectivity index (χ2n) is 3.28. The van der Waals surface area contributed by atoms with E-state index in [1.54, 1.807) is 19.1 Å². The van der Waals surface area contributed by atoms with E-state index in [4.69, 9.17) is 5.73 Å². The van der Waals surface area contributed by atoms with Gasteiger partial charge >= 0.3 is 0 Å².